The first-order valence-corrected chi connectivity index (χ1v) is 6.46. The molecule has 0 spiro atoms. The molecule has 0 aromatic carbocycles. The van der Waals surface area contributed by atoms with E-state index in [1.54, 1.807) is 0 Å². The van der Waals surface area contributed by atoms with Crippen molar-refractivity contribution in [2.75, 3.05) is 0 Å². The van der Waals surface area contributed by atoms with E-state index in [9.17, 15) is 5.11 Å². The Hall–Kier alpha value is -0.600. The molecule has 1 heterocycles. The maximum Gasteiger partial charge on any atom is 0.0883 e. The normalized spacial score (nSPS) is 31.9. The van der Waals surface area contributed by atoms with Crippen molar-refractivity contribution in [1.29, 1.82) is 0 Å². The molecule has 1 aliphatic rings. The zero-order valence-corrected chi connectivity index (χ0v) is 11.6. The Labute approximate surface area is 105 Å². The molecule has 0 aliphatic carbocycles. The minimum Gasteiger partial charge on any atom is -0.387 e. The van der Waals surface area contributed by atoms with Gasteiger partial charge in [-0.1, -0.05) is 17.7 Å². The van der Waals surface area contributed by atoms with Gasteiger partial charge < -0.3 is 9.84 Å². The van der Waals surface area contributed by atoms with Gasteiger partial charge in [-0.2, -0.15) is 0 Å². The highest BCUT2D eigenvalue weighted by Gasteiger charge is 2.42. The van der Waals surface area contributed by atoms with Gasteiger partial charge in [-0.05, 0) is 53.4 Å². The maximum atomic E-state index is 10.5. The van der Waals surface area contributed by atoms with Gasteiger partial charge in [-0.15, -0.1) is 6.58 Å². The van der Waals surface area contributed by atoms with E-state index in [1.807, 2.05) is 19.9 Å². The van der Waals surface area contributed by atoms with Gasteiger partial charge >= 0.3 is 0 Å². The fraction of sp³-hybridized carbons (Fsp3) is 0.733. The summed E-state index contributed by atoms with van der Waals surface area (Å²) in [6, 6.07) is 0. The van der Waals surface area contributed by atoms with E-state index in [4.69, 9.17) is 4.74 Å². The summed E-state index contributed by atoms with van der Waals surface area (Å²) in [6.07, 6.45) is 7.44. The van der Waals surface area contributed by atoms with Gasteiger partial charge in [-0.3, -0.25) is 0 Å². The van der Waals surface area contributed by atoms with Crippen LogP contribution in [0.1, 0.15) is 53.4 Å². The molecule has 1 N–H and O–H groups in total. The van der Waals surface area contributed by atoms with E-state index in [0.717, 1.165) is 25.7 Å². The van der Waals surface area contributed by atoms with Crippen molar-refractivity contribution in [3.63, 3.8) is 0 Å². The van der Waals surface area contributed by atoms with Gasteiger partial charge in [0.05, 0.1) is 17.3 Å². The summed E-state index contributed by atoms with van der Waals surface area (Å²) in [7, 11) is 0. The van der Waals surface area contributed by atoms with Crippen LogP contribution in [-0.4, -0.2) is 22.4 Å². The van der Waals surface area contributed by atoms with Crippen LogP contribution in [0.2, 0.25) is 0 Å². The summed E-state index contributed by atoms with van der Waals surface area (Å²) in [4.78, 5) is 0. The van der Waals surface area contributed by atoms with E-state index in [1.165, 1.54) is 5.57 Å². The number of hydrogen-bond donors (Lipinski definition) is 1. The van der Waals surface area contributed by atoms with Crippen LogP contribution in [0.15, 0.2) is 24.3 Å². The number of hydrogen-bond acceptors (Lipinski definition) is 2. The molecule has 1 unspecified atom stereocenters. The van der Waals surface area contributed by atoms with E-state index in [2.05, 4.69) is 26.5 Å². The zero-order valence-electron chi connectivity index (χ0n) is 11.6. The summed E-state index contributed by atoms with van der Waals surface area (Å²) in [5.74, 6) is 0. The topological polar surface area (TPSA) is 29.5 Å². The van der Waals surface area contributed by atoms with Gasteiger partial charge in [0.2, 0.25) is 0 Å². The van der Waals surface area contributed by atoms with E-state index in [-0.39, 0.29) is 11.7 Å². The lowest BCUT2D eigenvalue weighted by Gasteiger charge is -2.31. The van der Waals surface area contributed by atoms with Crippen LogP contribution in [0.25, 0.3) is 0 Å². The largest absolute Gasteiger partial charge is 0.387 e. The Kier molecular flexibility index (Phi) is 4.56. The molecule has 1 saturated heterocycles. The summed E-state index contributed by atoms with van der Waals surface area (Å²) in [5.41, 5.74) is 0.293. The van der Waals surface area contributed by atoms with Crippen LogP contribution < -0.4 is 0 Å². The molecule has 0 amide bonds. The minimum absolute atomic E-state index is 0.0731. The molecular formula is C15H26O2. The summed E-state index contributed by atoms with van der Waals surface area (Å²) >= 11 is 0. The van der Waals surface area contributed by atoms with Crippen LogP contribution in [0.5, 0.6) is 0 Å². The van der Waals surface area contributed by atoms with Gasteiger partial charge in [-0.25, -0.2) is 0 Å². The van der Waals surface area contributed by atoms with Gasteiger partial charge in [0.1, 0.15) is 0 Å². The fourth-order valence-electron chi connectivity index (χ4n) is 2.26. The second-order valence-corrected chi connectivity index (χ2v) is 5.84. The van der Waals surface area contributed by atoms with Crippen LogP contribution in [0.3, 0.4) is 0 Å². The molecule has 0 aromatic heterocycles. The summed E-state index contributed by atoms with van der Waals surface area (Å²) in [5, 5.41) is 10.5. The van der Waals surface area contributed by atoms with Crippen LogP contribution >= 0.6 is 0 Å². The predicted molar refractivity (Wildman–Crippen MR) is 72.0 cm³/mol. The van der Waals surface area contributed by atoms with Crippen molar-refractivity contribution in [1.82, 2.24) is 0 Å². The third-order valence-electron chi connectivity index (χ3n) is 3.64. The van der Waals surface area contributed by atoms with Gasteiger partial charge in [0.15, 0.2) is 0 Å². The summed E-state index contributed by atoms with van der Waals surface area (Å²) < 4.78 is 5.93. The molecule has 2 nitrogen and oxygen atoms in total. The van der Waals surface area contributed by atoms with Crippen molar-refractivity contribution in [3.8, 4) is 0 Å². The van der Waals surface area contributed by atoms with Crippen molar-refractivity contribution in [2.45, 2.75) is 70.7 Å². The number of allylic oxidation sites excluding steroid dienone is 2. The Morgan fingerprint density at radius 1 is 1.59 bits per heavy atom. The molecule has 17 heavy (non-hydrogen) atoms. The third-order valence-corrected chi connectivity index (χ3v) is 3.64. The minimum atomic E-state index is -0.743. The molecule has 1 rings (SSSR count). The second kappa shape index (κ2) is 5.36. The Morgan fingerprint density at radius 3 is 2.71 bits per heavy atom. The van der Waals surface area contributed by atoms with Crippen molar-refractivity contribution in [3.05, 3.63) is 24.3 Å². The zero-order chi connectivity index (χ0) is 13.1. The third kappa shape index (κ3) is 3.97. The van der Waals surface area contributed by atoms with E-state index >= 15 is 0 Å². The molecule has 0 bridgehead atoms. The first-order chi connectivity index (χ1) is 7.79. The number of ether oxygens (including phenoxy) is 1. The number of aliphatic hydroxyl groups is 1. The quantitative estimate of drug-likeness (QED) is 0.741. The highest BCUT2D eigenvalue weighted by Crippen LogP contribution is 2.37. The lowest BCUT2D eigenvalue weighted by molar-refractivity contribution is -0.112. The standard InChI is InChI=1S/C15H26O2/c1-6-14(4)11-9-13(17-14)15(5,16)10-7-8-12(2)3/h6,8,13,16H,1,7,9-11H2,2-5H3/t13-,14-,15?/m1/s1. The Bertz CT molecular complexity index is 300. The van der Waals surface area contributed by atoms with Gasteiger partial charge in [0.25, 0.3) is 0 Å². The molecule has 1 fully saturated rings. The average Bonchev–Trinajstić information content (AvgIpc) is 2.62. The molecule has 1 aliphatic heterocycles. The first kappa shape index (κ1) is 14.5. The SMILES string of the molecule is C=C[C@]1(C)CC[C@H](C(C)(O)CCC=C(C)C)O1. The summed E-state index contributed by atoms with van der Waals surface area (Å²) in [6.45, 7) is 11.9. The Morgan fingerprint density at radius 2 is 2.24 bits per heavy atom. The monoisotopic (exact) mass is 238 g/mol. The highest BCUT2D eigenvalue weighted by molar-refractivity contribution is 5.03. The second-order valence-electron chi connectivity index (χ2n) is 5.84. The lowest BCUT2D eigenvalue weighted by atomic mass is 9.90. The Balaban J connectivity index is 2.54. The van der Waals surface area contributed by atoms with Crippen LogP contribution in [0.4, 0.5) is 0 Å². The highest BCUT2D eigenvalue weighted by atomic mass is 16.5. The molecule has 98 valence electrons. The van der Waals surface area contributed by atoms with Crippen LogP contribution in [0, 0.1) is 0 Å². The van der Waals surface area contributed by atoms with Crippen molar-refractivity contribution >= 4 is 0 Å². The van der Waals surface area contributed by atoms with E-state index in [0.29, 0.717) is 0 Å². The fourth-order valence-corrected chi connectivity index (χ4v) is 2.26. The number of rotatable bonds is 5. The molecule has 0 aromatic rings. The van der Waals surface area contributed by atoms with Gasteiger partial charge in [0, 0.05) is 0 Å². The molecule has 2 heteroatoms. The van der Waals surface area contributed by atoms with Crippen LogP contribution in [-0.2, 0) is 4.74 Å². The smallest absolute Gasteiger partial charge is 0.0883 e. The van der Waals surface area contributed by atoms with Crippen molar-refractivity contribution in [2.24, 2.45) is 0 Å². The van der Waals surface area contributed by atoms with E-state index < -0.39 is 5.60 Å². The maximum absolute atomic E-state index is 10.5. The van der Waals surface area contributed by atoms with Crippen molar-refractivity contribution < 1.29 is 9.84 Å². The first-order valence-electron chi connectivity index (χ1n) is 6.46. The lowest BCUT2D eigenvalue weighted by Crippen LogP contribution is -2.40. The molecule has 0 saturated carbocycles. The molecule has 3 atom stereocenters. The molecule has 0 radical (unpaired) electrons. The average molecular weight is 238 g/mol. The molecular weight excluding hydrogens is 212 g/mol. The predicted octanol–water partition coefficient (Wildman–Crippen LogP) is 3.61.